The molecule has 1 unspecified atom stereocenters. The molecule has 1 aliphatic carbocycles. The van der Waals surface area contributed by atoms with Crippen LogP contribution in [0.1, 0.15) is 47.3 Å². The van der Waals surface area contributed by atoms with Gasteiger partial charge in [0.25, 0.3) is 0 Å². The molecule has 1 fully saturated rings. The van der Waals surface area contributed by atoms with E-state index in [0.29, 0.717) is 12.5 Å². The molecule has 4 heteroatoms. The van der Waals surface area contributed by atoms with Crippen molar-refractivity contribution >= 4 is 11.3 Å². The molecule has 0 amide bonds. The largest absolute Gasteiger partial charge is 0.378 e. The predicted molar refractivity (Wildman–Crippen MR) is 57.4 cm³/mol. The minimum Gasteiger partial charge on any atom is -0.378 e. The normalized spacial score (nSPS) is 18.5. The van der Waals surface area contributed by atoms with E-state index < -0.39 is 0 Å². The minimum absolute atomic E-state index is 0.0742. The molecule has 1 saturated carbocycles. The number of aromatic nitrogens is 1. The van der Waals surface area contributed by atoms with Gasteiger partial charge in [0.1, 0.15) is 0 Å². The first-order valence-corrected chi connectivity index (χ1v) is 5.78. The van der Waals surface area contributed by atoms with Gasteiger partial charge in [-0.05, 0) is 19.8 Å². The zero-order valence-electron chi connectivity index (χ0n) is 8.62. The molecule has 1 aromatic rings. The van der Waals surface area contributed by atoms with E-state index in [9.17, 15) is 0 Å². The molecule has 3 nitrogen and oxygen atoms in total. The van der Waals surface area contributed by atoms with E-state index in [1.807, 2.05) is 6.92 Å². The van der Waals surface area contributed by atoms with Crippen LogP contribution in [-0.2, 0) is 11.3 Å². The Kier molecular flexibility index (Phi) is 2.85. The fourth-order valence-electron chi connectivity index (χ4n) is 1.48. The van der Waals surface area contributed by atoms with E-state index in [1.165, 1.54) is 22.7 Å². The summed E-state index contributed by atoms with van der Waals surface area (Å²) < 4.78 is 5.12. The van der Waals surface area contributed by atoms with Crippen molar-refractivity contribution in [3.05, 3.63) is 15.6 Å². The van der Waals surface area contributed by atoms with Crippen molar-refractivity contribution < 1.29 is 4.74 Å². The molecule has 1 aromatic heterocycles. The van der Waals surface area contributed by atoms with Crippen molar-refractivity contribution in [2.45, 2.75) is 38.3 Å². The average molecular weight is 212 g/mol. The van der Waals surface area contributed by atoms with Crippen molar-refractivity contribution in [3.63, 3.8) is 0 Å². The number of methoxy groups -OCH3 is 1. The number of hydrogen-bond donors (Lipinski definition) is 1. The zero-order valence-corrected chi connectivity index (χ0v) is 9.43. The molecular weight excluding hydrogens is 196 g/mol. The molecular formula is C10H16N2OS. The third kappa shape index (κ3) is 1.97. The van der Waals surface area contributed by atoms with Crippen molar-refractivity contribution in [1.82, 2.24) is 4.98 Å². The van der Waals surface area contributed by atoms with Gasteiger partial charge in [-0.15, -0.1) is 11.3 Å². The van der Waals surface area contributed by atoms with Gasteiger partial charge in [-0.25, -0.2) is 4.98 Å². The number of ether oxygens (including phenoxy) is 1. The van der Waals surface area contributed by atoms with Crippen molar-refractivity contribution in [2.24, 2.45) is 5.73 Å². The summed E-state index contributed by atoms with van der Waals surface area (Å²) in [5.74, 6) is 0.711. The van der Waals surface area contributed by atoms with Crippen LogP contribution in [0.4, 0.5) is 0 Å². The van der Waals surface area contributed by atoms with Gasteiger partial charge in [-0.1, -0.05) is 0 Å². The van der Waals surface area contributed by atoms with E-state index in [2.05, 4.69) is 4.98 Å². The Bertz CT molecular complexity index is 318. The summed E-state index contributed by atoms with van der Waals surface area (Å²) in [7, 11) is 1.70. The first-order chi connectivity index (χ1) is 6.72. The molecule has 1 heterocycles. The summed E-state index contributed by atoms with van der Waals surface area (Å²) in [5.41, 5.74) is 6.93. The standard InChI is InChI=1S/C10H16N2OS/c1-6(11)9-8(5-13-2)12-10(14-9)7-3-4-7/h6-7H,3-5,11H2,1-2H3. The maximum absolute atomic E-state index is 5.89. The molecule has 0 bridgehead atoms. The maximum Gasteiger partial charge on any atom is 0.0963 e. The van der Waals surface area contributed by atoms with Gasteiger partial charge >= 0.3 is 0 Å². The molecule has 0 saturated heterocycles. The van der Waals surface area contributed by atoms with Gasteiger partial charge in [-0.3, -0.25) is 0 Å². The Morgan fingerprint density at radius 1 is 1.64 bits per heavy atom. The van der Waals surface area contributed by atoms with Crippen LogP contribution in [0.2, 0.25) is 0 Å². The fourth-order valence-corrected chi connectivity index (χ4v) is 2.68. The molecule has 14 heavy (non-hydrogen) atoms. The molecule has 1 atom stereocenters. The van der Waals surface area contributed by atoms with Crippen LogP contribution in [0.5, 0.6) is 0 Å². The van der Waals surface area contributed by atoms with E-state index >= 15 is 0 Å². The molecule has 0 radical (unpaired) electrons. The van der Waals surface area contributed by atoms with Crippen molar-refractivity contribution in [2.75, 3.05) is 7.11 Å². The molecule has 0 aliphatic heterocycles. The fraction of sp³-hybridized carbons (Fsp3) is 0.700. The summed E-state index contributed by atoms with van der Waals surface area (Å²) in [6.45, 7) is 2.59. The van der Waals surface area contributed by atoms with E-state index in [4.69, 9.17) is 10.5 Å². The Morgan fingerprint density at radius 2 is 2.36 bits per heavy atom. The Balaban J connectivity index is 2.25. The summed E-state index contributed by atoms with van der Waals surface area (Å²) in [6, 6.07) is 0.0742. The van der Waals surface area contributed by atoms with Crippen LogP contribution in [0.15, 0.2) is 0 Å². The summed E-state index contributed by atoms with van der Waals surface area (Å²) >= 11 is 1.76. The number of nitrogens with two attached hydrogens (primary N) is 1. The first kappa shape index (κ1) is 10.1. The number of hydrogen-bond acceptors (Lipinski definition) is 4. The second kappa shape index (κ2) is 3.96. The van der Waals surface area contributed by atoms with Gasteiger partial charge in [0, 0.05) is 23.9 Å². The average Bonchev–Trinajstić information content (AvgIpc) is 2.89. The first-order valence-electron chi connectivity index (χ1n) is 4.96. The van der Waals surface area contributed by atoms with Crippen LogP contribution in [0.25, 0.3) is 0 Å². The maximum atomic E-state index is 5.89. The molecule has 0 aromatic carbocycles. The lowest BCUT2D eigenvalue weighted by Crippen LogP contribution is -2.06. The van der Waals surface area contributed by atoms with Gasteiger partial charge in [0.15, 0.2) is 0 Å². The van der Waals surface area contributed by atoms with E-state index in [-0.39, 0.29) is 6.04 Å². The van der Waals surface area contributed by atoms with Crippen LogP contribution >= 0.6 is 11.3 Å². The second-order valence-electron chi connectivity index (χ2n) is 3.86. The highest BCUT2D eigenvalue weighted by Crippen LogP contribution is 2.43. The van der Waals surface area contributed by atoms with Gasteiger partial charge < -0.3 is 10.5 Å². The lowest BCUT2D eigenvalue weighted by Gasteiger charge is -2.03. The number of thiazole rings is 1. The highest BCUT2D eigenvalue weighted by molar-refractivity contribution is 7.12. The zero-order chi connectivity index (χ0) is 10.1. The van der Waals surface area contributed by atoms with E-state index in [0.717, 1.165) is 5.69 Å². The van der Waals surface area contributed by atoms with Crippen molar-refractivity contribution in [3.8, 4) is 0 Å². The third-order valence-electron chi connectivity index (χ3n) is 2.37. The smallest absolute Gasteiger partial charge is 0.0963 e. The quantitative estimate of drug-likeness (QED) is 0.832. The van der Waals surface area contributed by atoms with Crippen LogP contribution in [-0.4, -0.2) is 12.1 Å². The highest BCUT2D eigenvalue weighted by atomic mass is 32.1. The molecule has 1 aliphatic rings. The number of nitrogens with zero attached hydrogens (tertiary/aromatic N) is 1. The van der Waals surface area contributed by atoms with Gasteiger partial charge in [0.05, 0.1) is 17.3 Å². The third-order valence-corrected chi connectivity index (χ3v) is 3.83. The Labute approximate surface area is 88.3 Å². The Hall–Kier alpha value is -0.450. The van der Waals surface area contributed by atoms with Gasteiger partial charge in [0.2, 0.25) is 0 Å². The summed E-state index contributed by atoms with van der Waals surface area (Å²) in [4.78, 5) is 5.79. The molecule has 2 N–H and O–H groups in total. The topological polar surface area (TPSA) is 48.1 Å². The lowest BCUT2D eigenvalue weighted by molar-refractivity contribution is 0.181. The highest BCUT2D eigenvalue weighted by Gasteiger charge is 2.28. The predicted octanol–water partition coefficient (Wildman–Crippen LogP) is 2.19. The SMILES string of the molecule is COCc1nc(C2CC2)sc1C(C)N. The van der Waals surface area contributed by atoms with Gasteiger partial charge in [-0.2, -0.15) is 0 Å². The Morgan fingerprint density at radius 3 is 2.86 bits per heavy atom. The molecule has 78 valence electrons. The molecule has 2 rings (SSSR count). The summed E-state index contributed by atoms with van der Waals surface area (Å²) in [6.07, 6.45) is 2.58. The second-order valence-corrected chi connectivity index (χ2v) is 4.92. The van der Waals surface area contributed by atoms with E-state index in [1.54, 1.807) is 18.4 Å². The summed E-state index contributed by atoms with van der Waals surface area (Å²) in [5, 5.41) is 1.25. The van der Waals surface area contributed by atoms with Crippen LogP contribution < -0.4 is 5.73 Å². The lowest BCUT2D eigenvalue weighted by atomic mass is 10.2. The molecule has 0 spiro atoms. The monoisotopic (exact) mass is 212 g/mol. The van der Waals surface area contributed by atoms with Crippen LogP contribution in [0, 0.1) is 0 Å². The van der Waals surface area contributed by atoms with Crippen molar-refractivity contribution in [1.29, 1.82) is 0 Å². The minimum atomic E-state index is 0.0742. The van der Waals surface area contributed by atoms with Crippen LogP contribution in [0.3, 0.4) is 0 Å². The number of rotatable bonds is 4.